The van der Waals surface area contributed by atoms with Crippen molar-refractivity contribution < 1.29 is 67.3 Å². The number of aromatic hydroxyl groups is 1. The molecule has 0 heterocycles. The zero-order valence-corrected chi connectivity index (χ0v) is 36.5. The molecule has 0 unspecified atom stereocenters. The Morgan fingerprint density at radius 1 is 0.406 bits per heavy atom. The lowest BCUT2D eigenvalue weighted by molar-refractivity contribution is 0.0586. The number of benzene rings is 6. The maximum absolute atomic E-state index is 11.9. The lowest BCUT2D eigenvalue weighted by atomic mass is 10.0. The Hall–Kier alpha value is -8.00. The summed E-state index contributed by atoms with van der Waals surface area (Å²) in [4.78, 5) is 45.9. The van der Waals surface area contributed by atoms with Crippen LogP contribution < -0.4 is 23.7 Å². The van der Waals surface area contributed by atoms with Crippen molar-refractivity contribution in [3.05, 3.63) is 177 Å². The standard InChI is InChI=1S/C18H18O6.2C16H16O4/c1-21-14-7-4-12(5-8-14)10-13-6-9-16(24-18(20)23-3)15(11-13)17(19)22-2;1-19-13-6-3-11(4-7-13)9-12-5-8-15(20-2)14(10-12)16(17)18;1-19-13-6-3-11(4-7-13)9-12-5-8-15(17)14(10-12)16(18)20-2/h4-9,11H,10H2,1-3H3;3-8,10H,9H2,1-2H3,(H,17,18);3-8,10,17H,9H2,1-2H3. The van der Waals surface area contributed by atoms with E-state index in [-0.39, 0.29) is 28.2 Å². The molecule has 14 heteroatoms. The van der Waals surface area contributed by atoms with Gasteiger partial charge < -0.3 is 48.1 Å². The molecular weight excluding hydrogens is 825 g/mol. The first-order valence-electron chi connectivity index (χ1n) is 19.5. The van der Waals surface area contributed by atoms with E-state index in [0.29, 0.717) is 25.0 Å². The summed E-state index contributed by atoms with van der Waals surface area (Å²) in [6.07, 6.45) is 1.03. The maximum Gasteiger partial charge on any atom is 0.513 e. The number of esters is 2. The van der Waals surface area contributed by atoms with Gasteiger partial charge in [-0.1, -0.05) is 54.6 Å². The Balaban J connectivity index is 0.000000212. The number of ether oxygens (including phenoxy) is 8. The van der Waals surface area contributed by atoms with Crippen LogP contribution in [0.4, 0.5) is 4.79 Å². The van der Waals surface area contributed by atoms with Gasteiger partial charge in [0.2, 0.25) is 0 Å². The molecule has 0 amide bonds. The van der Waals surface area contributed by atoms with E-state index in [1.54, 1.807) is 63.8 Å². The molecule has 0 aliphatic carbocycles. The zero-order chi connectivity index (χ0) is 46.6. The molecule has 6 aromatic rings. The third-order valence-electron chi connectivity index (χ3n) is 9.47. The molecule has 2 N–H and O–H groups in total. The number of methoxy groups -OCH3 is 7. The highest BCUT2D eigenvalue weighted by Crippen LogP contribution is 2.26. The molecule has 0 saturated carbocycles. The highest BCUT2D eigenvalue weighted by Gasteiger charge is 2.18. The minimum Gasteiger partial charge on any atom is -0.507 e. The van der Waals surface area contributed by atoms with Gasteiger partial charge in [0.15, 0.2) is 0 Å². The number of hydrogen-bond donors (Lipinski definition) is 2. The van der Waals surface area contributed by atoms with Crippen LogP contribution in [0.1, 0.15) is 64.5 Å². The molecule has 6 aromatic carbocycles. The summed E-state index contributed by atoms with van der Waals surface area (Å²) < 4.78 is 39.2. The first-order valence-corrected chi connectivity index (χ1v) is 19.5. The largest absolute Gasteiger partial charge is 0.513 e. The Bertz CT molecular complexity index is 2480. The smallest absolute Gasteiger partial charge is 0.507 e. The SMILES string of the molecule is COC(=O)Oc1ccc(Cc2ccc(OC)cc2)cc1C(=O)OC.COC(=O)c1cc(Cc2ccc(OC)cc2)ccc1O.COc1ccc(Cc2ccc(OC)c(C(=O)O)c2)cc1. The van der Waals surface area contributed by atoms with Crippen molar-refractivity contribution in [3.63, 3.8) is 0 Å². The van der Waals surface area contributed by atoms with Crippen molar-refractivity contribution in [2.75, 3.05) is 49.8 Å². The van der Waals surface area contributed by atoms with Crippen molar-refractivity contribution in [1.29, 1.82) is 0 Å². The number of hydrogen-bond acceptors (Lipinski definition) is 13. The molecule has 0 aliphatic heterocycles. The number of aromatic carboxylic acids is 1. The van der Waals surface area contributed by atoms with E-state index >= 15 is 0 Å². The van der Waals surface area contributed by atoms with Crippen LogP contribution in [0.15, 0.2) is 127 Å². The average molecular weight is 875 g/mol. The van der Waals surface area contributed by atoms with E-state index in [0.717, 1.165) is 50.6 Å². The molecule has 0 fully saturated rings. The summed E-state index contributed by atoms with van der Waals surface area (Å²) in [5.74, 6) is 0.640. The van der Waals surface area contributed by atoms with Gasteiger partial charge in [-0.3, -0.25) is 0 Å². The molecule has 334 valence electrons. The van der Waals surface area contributed by atoms with Crippen LogP contribution in [-0.2, 0) is 33.5 Å². The van der Waals surface area contributed by atoms with Crippen LogP contribution >= 0.6 is 0 Å². The van der Waals surface area contributed by atoms with Crippen molar-refractivity contribution in [1.82, 2.24) is 0 Å². The Kier molecular flexibility index (Phi) is 18.6. The van der Waals surface area contributed by atoms with Gasteiger partial charge in [-0.2, -0.15) is 0 Å². The molecule has 64 heavy (non-hydrogen) atoms. The summed E-state index contributed by atoms with van der Waals surface area (Å²) in [5.41, 5.74) is 6.47. The van der Waals surface area contributed by atoms with Gasteiger partial charge in [0.05, 0.1) is 49.8 Å². The third kappa shape index (κ3) is 14.3. The van der Waals surface area contributed by atoms with Crippen LogP contribution in [0.2, 0.25) is 0 Å². The molecule has 0 radical (unpaired) electrons. The van der Waals surface area contributed by atoms with Crippen molar-refractivity contribution in [2.24, 2.45) is 0 Å². The number of carboxylic acids is 1. The highest BCUT2D eigenvalue weighted by atomic mass is 16.7. The normalized spacial score (nSPS) is 10.0. The van der Waals surface area contributed by atoms with Gasteiger partial charge >= 0.3 is 24.1 Å². The van der Waals surface area contributed by atoms with Gasteiger partial charge in [-0.05, 0) is 125 Å². The summed E-state index contributed by atoms with van der Waals surface area (Å²) in [6, 6.07) is 38.1. The second-order valence-corrected chi connectivity index (χ2v) is 13.6. The second kappa shape index (κ2) is 24.4. The highest BCUT2D eigenvalue weighted by molar-refractivity contribution is 5.94. The monoisotopic (exact) mass is 874 g/mol. The fraction of sp³-hybridized carbons (Fsp3) is 0.200. The molecule has 0 aromatic heterocycles. The van der Waals surface area contributed by atoms with Gasteiger partial charge in [-0.25, -0.2) is 19.2 Å². The molecule has 0 bridgehead atoms. The van der Waals surface area contributed by atoms with Gasteiger partial charge in [0.1, 0.15) is 51.2 Å². The zero-order valence-electron chi connectivity index (χ0n) is 36.5. The van der Waals surface area contributed by atoms with Crippen LogP contribution in [0.25, 0.3) is 0 Å². The molecule has 0 saturated heterocycles. The molecule has 0 aliphatic rings. The van der Waals surface area contributed by atoms with Crippen molar-refractivity contribution >= 4 is 24.1 Å². The number of phenolic OH excluding ortho intramolecular Hbond substituents is 1. The van der Waals surface area contributed by atoms with E-state index < -0.39 is 24.1 Å². The predicted octanol–water partition coefficient (Wildman–Crippen LogP) is 8.99. The number of carboxylic acid groups (broad SMARTS) is 1. The first kappa shape index (κ1) is 48.7. The summed E-state index contributed by atoms with van der Waals surface area (Å²) in [5, 5.41) is 18.8. The lowest BCUT2D eigenvalue weighted by Gasteiger charge is -2.10. The van der Waals surface area contributed by atoms with E-state index in [1.165, 1.54) is 34.5 Å². The van der Waals surface area contributed by atoms with Crippen LogP contribution in [0.3, 0.4) is 0 Å². The first-order chi connectivity index (χ1) is 30.8. The van der Waals surface area contributed by atoms with Crippen LogP contribution in [0.5, 0.6) is 34.5 Å². The maximum atomic E-state index is 11.9. The molecule has 0 spiro atoms. The fourth-order valence-electron chi connectivity index (χ4n) is 6.11. The third-order valence-corrected chi connectivity index (χ3v) is 9.47. The predicted molar refractivity (Wildman–Crippen MR) is 238 cm³/mol. The number of carbonyl (C=O) groups excluding carboxylic acids is 3. The summed E-state index contributed by atoms with van der Waals surface area (Å²) in [6.45, 7) is 0. The molecule has 0 atom stereocenters. The minimum atomic E-state index is -0.988. The number of phenols is 1. The topological polar surface area (TPSA) is 183 Å². The minimum absolute atomic E-state index is 0.0738. The molecule has 14 nitrogen and oxygen atoms in total. The summed E-state index contributed by atoms with van der Waals surface area (Å²) in [7, 11) is 10.1. The van der Waals surface area contributed by atoms with Gasteiger partial charge in [0.25, 0.3) is 0 Å². The average Bonchev–Trinajstić information content (AvgIpc) is 3.33. The lowest BCUT2D eigenvalue weighted by Crippen LogP contribution is -2.12. The van der Waals surface area contributed by atoms with E-state index in [9.17, 15) is 24.3 Å². The quantitative estimate of drug-likeness (QED) is 0.0601. The van der Waals surface area contributed by atoms with E-state index in [2.05, 4.69) is 9.47 Å². The molecule has 6 rings (SSSR count). The fourth-order valence-corrected chi connectivity index (χ4v) is 6.11. The van der Waals surface area contributed by atoms with Crippen molar-refractivity contribution in [2.45, 2.75) is 19.3 Å². The van der Waals surface area contributed by atoms with Crippen LogP contribution in [-0.4, -0.2) is 84.0 Å². The molecular formula is C50H50O14. The Labute approximate surface area is 371 Å². The van der Waals surface area contributed by atoms with Gasteiger partial charge in [-0.15, -0.1) is 0 Å². The Morgan fingerprint density at radius 3 is 1.14 bits per heavy atom. The van der Waals surface area contributed by atoms with Crippen LogP contribution in [0, 0.1) is 0 Å². The van der Waals surface area contributed by atoms with E-state index in [4.69, 9.17) is 33.5 Å². The Morgan fingerprint density at radius 2 is 0.766 bits per heavy atom. The number of rotatable bonds is 14. The second-order valence-electron chi connectivity index (χ2n) is 13.6. The number of carbonyl (C=O) groups is 4. The van der Waals surface area contributed by atoms with Gasteiger partial charge in [0, 0.05) is 0 Å². The van der Waals surface area contributed by atoms with E-state index in [1.807, 2.05) is 78.9 Å². The van der Waals surface area contributed by atoms with Crippen molar-refractivity contribution in [3.8, 4) is 34.5 Å². The summed E-state index contributed by atoms with van der Waals surface area (Å²) >= 11 is 0.